The van der Waals surface area contributed by atoms with Crippen molar-refractivity contribution in [2.75, 3.05) is 13.2 Å². The van der Waals surface area contributed by atoms with E-state index in [0.29, 0.717) is 4.68 Å². The number of carbonyl (C=O) groups is 4. The second-order valence-corrected chi connectivity index (χ2v) is 13.0. The molecule has 1 fully saturated rings. The summed E-state index contributed by atoms with van der Waals surface area (Å²) < 4.78 is 42.5. The highest BCUT2D eigenvalue weighted by molar-refractivity contribution is 7.61. The summed E-state index contributed by atoms with van der Waals surface area (Å²) in [6.07, 6.45) is -6.11. The van der Waals surface area contributed by atoms with Gasteiger partial charge in [-0.1, -0.05) is 5.21 Å². The number of carbonyl (C=O) groups excluding carboxylic acids is 3. The molecule has 5 unspecified atom stereocenters. The van der Waals surface area contributed by atoms with Crippen molar-refractivity contribution >= 4 is 42.4 Å². The molecule has 3 rings (SSSR count). The van der Waals surface area contributed by atoms with Crippen LogP contribution in [0.15, 0.2) is 4.79 Å². The van der Waals surface area contributed by atoms with Crippen molar-refractivity contribution in [3.05, 3.63) is 16.0 Å². The molecule has 0 saturated carbocycles. The third-order valence-corrected chi connectivity index (χ3v) is 9.00. The average Bonchev–Trinajstić information content (AvgIpc) is 3.46. The number of carboxylic acids is 1. The topological polar surface area (TPSA) is 262 Å². The molecule has 1 aliphatic rings. The molecule has 4 N–H and O–H groups in total. The largest absolute Gasteiger partial charge is 0.479 e. The number of ether oxygens (including phenoxy) is 5. The molecule has 5 atom stereocenters. The van der Waals surface area contributed by atoms with E-state index in [4.69, 9.17) is 23.7 Å². The van der Waals surface area contributed by atoms with Crippen molar-refractivity contribution in [1.82, 2.24) is 34.9 Å². The van der Waals surface area contributed by atoms with Crippen molar-refractivity contribution < 1.29 is 57.6 Å². The average molecular weight is 676 g/mol. The molecule has 2 aromatic heterocycles. The fraction of sp³-hybridized carbons (Fsp3) is 0.680. The van der Waals surface area contributed by atoms with Crippen LogP contribution in [0.5, 0.6) is 0 Å². The van der Waals surface area contributed by atoms with Gasteiger partial charge in [-0.05, 0) is 34.6 Å². The first-order valence-electron chi connectivity index (χ1n) is 14.2. The van der Waals surface area contributed by atoms with Gasteiger partial charge >= 0.3 is 23.9 Å². The van der Waals surface area contributed by atoms with Crippen molar-refractivity contribution in [3.63, 3.8) is 0 Å². The predicted octanol–water partition coefficient (Wildman–Crippen LogP) is -0.508. The van der Waals surface area contributed by atoms with E-state index in [1.807, 2.05) is 0 Å². The molecule has 0 aliphatic carbocycles. The normalized spacial score (nSPS) is 20.7. The highest BCUT2D eigenvalue weighted by Gasteiger charge is 2.52. The van der Waals surface area contributed by atoms with Gasteiger partial charge in [0.2, 0.25) is 5.85 Å². The molecule has 20 nitrogen and oxygen atoms in total. The Morgan fingerprint density at radius 2 is 1.63 bits per heavy atom. The number of aliphatic carboxylic acids is 1. The monoisotopic (exact) mass is 675 g/mol. The molecule has 2 aromatic rings. The highest BCUT2D eigenvalue weighted by Crippen LogP contribution is 2.45. The Balaban J connectivity index is 2.09. The number of hydrogen-bond acceptors (Lipinski definition) is 15. The summed E-state index contributed by atoms with van der Waals surface area (Å²) >= 11 is 0. The summed E-state index contributed by atoms with van der Waals surface area (Å²) in [6.45, 7) is 8.73. The van der Waals surface area contributed by atoms with Crippen LogP contribution in [0.1, 0.15) is 65.2 Å². The van der Waals surface area contributed by atoms with Gasteiger partial charge in [0, 0.05) is 25.9 Å². The van der Waals surface area contributed by atoms with Crippen molar-refractivity contribution in [2.24, 2.45) is 0 Å². The number of carboxylic acid groups (broad SMARTS) is 1. The maximum absolute atomic E-state index is 13.8. The first-order chi connectivity index (χ1) is 21.5. The van der Waals surface area contributed by atoms with Crippen LogP contribution >= 0.6 is 7.44 Å². The Labute approximate surface area is 262 Å². The lowest BCUT2D eigenvalue weighted by atomic mass is 10.1. The van der Waals surface area contributed by atoms with Gasteiger partial charge in [-0.15, -0.1) is 5.10 Å². The zero-order valence-electron chi connectivity index (χ0n) is 26.2. The number of nitrogens with zero attached hydrogens (tertiary/aromatic N) is 5. The first-order valence-corrected chi connectivity index (χ1v) is 16.0. The summed E-state index contributed by atoms with van der Waals surface area (Å²) in [4.78, 5) is 62.6. The minimum Gasteiger partial charge on any atom is -0.479 e. The van der Waals surface area contributed by atoms with Crippen LogP contribution in [-0.2, 0) is 49.4 Å². The molecule has 256 valence electrons. The number of nitrogens with one attached hydrogen (secondary N) is 2. The maximum atomic E-state index is 13.8. The minimum atomic E-state index is -3.99. The SMILES string of the molecule is CCOC(=O)c1nn(CO)c2c(=O)n(C3OC(COC(C(=O)O)P(=O)(NC(C)C)NC(C)C)C(OC(C)=O)C3OC(C)=O)nnc12. The second kappa shape index (κ2) is 15.2. The summed E-state index contributed by atoms with van der Waals surface area (Å²) in [5, 5.41) is 36.9. The Morgan fingerprint density at radius 1 is 1.04 bits per heavy atom. The predicted molar refractivity (Wildman–Crippen MR) is 154 cm³/mol. The molecule has 0 amide bonds. The van der Waals surface area contributed by atoms with Crippen LogP contribution in [0.4, 0.5) is 0 Å². The van der Waals surface area contributed by atoms with Crippen molar-refractivity contribution in [2.45, 2.75) is 97.7 Å². The van der Waals surface area contributed by atoms with E-state index < -0.39 is 98.4 Å². The molecule has 1 saturated heterocycles. The quantitative estimate of drug-likeness (QED) is 0.105. The second-order valence-electron chi connectivity index (χ2n) is 10.7. The molecular weight excluding hydrogens is 637 g/mol. The van der Waals surface area contributed by atoms with E-state index in [1.54, 1.807) is 34.6 Å². The van der Waals surface area contributed by atoms with Gasteiger partial charge in [-0.2, -0.15) is 9.78 Å². The highest BCUT2D eigenvalue weighted by atomic mass is 31.2. The first kappa shape index (κ1) is 36.7. The summed E-state index contributed by atoms with van der Waals surface area (Å²) in [5.41, 5.74) is -2.10. The third kappa shape index (κ3) is 8.12. The Bertz CT molecular complexity index is 1540. The smallest absolute Gasteiger partial charge is 0.361 e. The van der Waals surface area contributed by atoms with Crippen molar-refractivity contribution in [1.29, 1.82) is 0 Å². The number of fused-ring (bicyclic) bond motifs is 1. The number of rotatable bonds is 15. The minimum absolute atomic E-state index is 0.0168. The van der Waals surface area contributed by atoms with Gasteiger partial charge in [-0.3, -0.25) is 18.9 Å². The van der Waals surface area contributed by atoms with Crippen LogP contribution in [0.25, 0.3) is 11.0 Å². The van der Waals surface area contributed by atoms with Gasteiger partial charge in [0.05, 0.1) is 13.2 Å². The summed E-state index contributed by atoms with van der Waals surface area (Å²) in [7, 11) is -3.99. The fourth-order valence-electron chi connectivity index (χ4n) is 4.75. The molecule has 21 heteroatoms. The Hall–Kier alpha value is -3.81. The summed E-state index contributed by atoms with van der Waals surface area (Å²) in [5.74, 6) is -6.20. The van der Waals surface area contributed by atoms with Crippen LogP contribution in [0.3, 0.4) is 0 Å². The van der Waals surface area contributed by atoms with E-state index in [9.17, 15) is 38.8 Å². The molecule has 0 aromatic carbocycles. The lowest BCUT2D eigenvalue weighted by molar-refractivity contribution is -0.166. The molecule has 0 radical (unpaired) electrons. The zero-order chi connectivity index (χ0) is 34.5. The standard InChI is InChI=1S/C25H38N7O13P/c1-8-41-24(39)17-16-18(31(10-33)27-17)21(36)32(30-26-16)22-20(44-14(7)35)19(43-13(6)34)15(45-22)9-42-25(23(37)38)46(40,28-11(2)3)29-12(4)5/h11-12,15,19-20,22,25,33H,8-10H2,1-7H3,(H,37,38)(H2,28,29,40). The van der Waals surface area contributed by atoms with Crippen molar-refractivity contribution in [3.8, 4) is 0 Å². The Kier molecular flexibility index (Phi) is 12.1. The van der Waals surface area contributed by atoms with Crippen LogP contribution < -0.4 is 15.7 Å². The van der Waals surface area contributed by atoms with Crippen LogP contribution in [0, 0.1) is 0 Å². The van der Waals surface area contributed by atoms with Crippen LogP contribution in [0.2, 0.25) is 0 Å². The van der Waals surface area contributed by atoms with E-state index in [2.05, 4.69) is 25.6 Å². The van der Waals surface area contributed by atoms with E-state index in [1.165, 1.54) is 0 Å². The lowest BCUT2D eigenvalue weighted by Crippen LogP contribution is -2.44. The van der Waals surface area contributed by atoms with Crippen LogP contribution in [-0.4, -0.2) is 108 Å². The third-order valence-electron chi connectivity index (χ3n) is 6.17. The fourth-order valence-corrected chi connectivity index (χ4v) is 7.24. The molecule has 0 bridgehead atoms. The van der Waals surface area contributed by atoms with Gasteiger partial charge in [0.25, 0.3) is 13.0 Å². The van der Waals surface area contributed by atoms with Gasteiger partial charge in [0.1, 0.15) is 12.8 Å². The number of aliphatic hydroxyl groups is 1. The molecule has 1 aliphatic heterocycles. The van der Waals surface area contributed by atoms with E-state index in [0.717, 1.165) is 18.5 Å². The number of esters is 3. The van der Waals surface area contributed by atoms with Gasteiger partial charge < -0.3 is 33.9 Å². The van der Waals surface area contributed by atoms with E-state index in [-0.39, 0.29) is 17.6 Å². The van der Waals surface area contributed by atoms with Gasteiger partial charge in [0.15, 0.2) is 35.2 Å². The zero-order valence-corrected chi connectivity index (χ0v) is 27.1. The maximum Gasteiger partial charge on any atom is 0.361 e. The van der Waals surface area contributed by atoms with Gasteiger partial charge in [-0.25, -0.2) is 24.4 Å². The molecule has 0 spiro atoms. The summed E-state index contributed by atoms with van der Waals surface area (Å²) in [6, 6.07) is -0.845. The molecule has 3 heterocycles. The number of aliphatic hydroxyl groups excluding tert-OH is 1. The molecule has 46 heavy (non-hydrogen) atoms. The lowest BCUT2D eigenvalue weighted by Gasteiger charge is -2.30. The van der Waals surface area contributed by atoms with E-state index >= 15 is 0 Å². The number of aromatic nitrogens is 5. The molecular formula is C25H38N7O13P. The Morgan fingerprint density at radius 3 is 2.13 bits per heavy atom. The number of hydrogen-bond donors (Lipinski definition) is 4.